The van der Waals surface area contributed by atoms with Crippen molar-refractivity contribution < 1.29 is 19.0 Å². The van der Waals surface area contributed by atoms with Crippen molar-refractivity contribution in [3.05, 3.63) is 40.4 Å². The highest BCUT2D eigenvalue weighted by molar-refractivity contribution is 6.03. The van der Waals surface area contributed by atoms with Gasteiger partial charge in [-0.2, -0.15) is 0 Å². The van der Waals surface area contributed by atoms with Gasteiger partial charge in [-0.25, -0.2) is 4.79 Å². The number of phenolic OH excluding ortho intramolecular Hbond substituents is 1. The van der Waals surface area contributed by atoms with Crippen molar-refractivity contribution in [2.24, 2.45) is 0 Å². The zero-order valence-corrected chi connectivity index (χ0v) is 11.8. The van der Waals surface area contributed by atoms with E-state index in [4.69, 9.17) is 8.83 Å². The molecule has 5 heteroatoms. The highest BCUT2D eigenvalue weighted by Crippen LogP contribution is 2.38. The van der Waals surface area contributed by atoms with Crippen LogP contribution in [0.15, 0.2) is 38.1 Å². The molecule has 0 saturated carbocycles. The zero-order chi connectivity index (χ0) is 15.2. The first kappa shape index (κ1) is 13.7. The standard InChI is InChI=1S/C16H16O5/c1-16(2,19)7-5-9-10-3-4-12(17)21-15(10)13(18)14-11(9)6-8-20-14/h3-4,6,8,18-19H,5,7H2,1-2H3. The van der Waals surface area contributed by atoms with Crippen LogP contribution in [-0.2, 0) is 6.42 Å². The Morgan fingerprint density at radius 3 is 2.57 bits per heavy atom. The fraction of sp³-hybridized carbons (Fsp3) is 0.312. The smallest absolute Gasteiger partial charge is 0.336 e. The van der Waals surface area contributed by atoms with Gasteiger partial charge in [0.15, 0.2) is 11.2 Å². The van der Waals surface area contributed by atoms with E-state index in [1.54, 1.807) is 26.0 Å². The second-order valence-electron chi connectivity index (χ2n) is 5.80. The molecule has 0 atom stereocenters. The topological polar surface area (TPSA) is 83.8 Å². The van der Waals surface area contributed by atoms with E-state index in [1.165, 1.54) is 12.3 Å². The van der Waals surface area contributed by atoms with Crippen LogP contribution in [0.25, 0.3) is 21.9 Å². The number of phenols is 1. The molecule has 3 aromatic rings. The van der Waals surface area contributed by atoms with Gasteiger partial charge in [0.25, 0.3) is 0 Å². The van der Waals surface area contributed by atoms with Crippen LogP contribution in [0.3, 0.4) is 0 Å². The van der Waals surface area contributed by atoms with Gasteiger partial charge in [-0.05, 0) is 44.4 Å². The van der Waals surface area contributed by atoms with Gasteiger partial charge in [-0.1, -0.05) is 0 Å². The second kappa shape index (κ2) is 4.63. The molecule has 0 saturated heterocycles. The third kappa shape index (κ3) is 2.40. The molecule has 21 heavy (non-hydrogen) atoms. The fourth-order valence-corrected chi connectivity index (χ4v) is 2.51. The Labute approximate surface area is 120 Å². The first-order valence-electron chi connectivity index (χ1n) is 6.74. The second-order valence-corrected chi connectivity index (χ2v) is 5.80. The minimum Gasteiger partial charge on any atom is -0.502 e. The van der Waals surface area contributed by atoms with Crippen molar-refractivity contribution in [1.82, 2.24) is 0 Å². The minimum atomic E-state index is -0.810. The number of furan rings is 1. The van der Waals surface area contributed by atoms with Gasteiger partial charge < -0.3 is 19.0 Å². The summed E-state index contributed by atoms with van der Waals surface area (Å²) in [5.74, 6) is -0.172. The zero-order valence-electron chi connectivity index (χ0n) is 11.8. The quantitative estimate of drug-likeness (QED) is 0.724. The van der Waals surface area contributed by atoms with Crippen LogP contribution in [0.2, 0.25) is 0 Å². The summed E-state index contributed by atoms with van der Waals surface area (Å²) in [6, 6.07) is 4.72. The van der Waals surface area contributed by atoms with Crippen LogP contribution >= 0.6 is 0 Å². The summed E-state index contributed by atoms with van der Waals surface area (Å²) < 4.78 is 10.4. The molecule has 0 fully saturated rings. The Kier molecular flexibility index (Phi) is 3.02. The first-order valence-corrected chi connectivity index (χ1v) is 6.74. The first-order chi connectivity index (χ1) is 9.87. The van der Waals surface area contributed by atoms with Gasteiger partial charge in [-0.3, -0.25) is 0 Å². The Balaban J connectivity index is 2.30. The summed E-state index contributed by atoms with van der Waals surface area (Å²) >= 11 is 0. The van der Waals surface area contributed by atoms with Gasteiger partial charge in [0, 0.05) is 16.8 Å². The molecule has 0 radical (unpaired) electrons. The lowest BCUT2D eigenvalue weighted by Gasteiger charge is -2.17. The molecular weight excluding hydrogens is 272 g/mol. The number of fused-ring (bicyclic) bond motifs is 2. The Morgan fingerprint density at radius 2 is 1.86 bits per heavy atom. The van der Waals surface area contributed by atoms with E-state index < -0.39 is 11.2 Å². The van der Waals surface area contributed by atoms with E-state index in [-0.39, 0.29) is 11.3 Å². The summed E-state index contributed by atoms with van der Waals surface area (Å²) in [5.41, 5.74) is -0.0385. The normalized spacial score (nSPS) is 12.3. The maximum Gasteiger partial charge on any atom is 0.336 e. The highest BCUT2D eigenvalue weighted by Gasteiger charge is 2.20. The molecule has 2 N–H and O–H groups in total. The molecule has 110 valence electrons. The van der Waals surface area contributed by atoms with Crippen LogP contribution in [0.5, 0.6) is 5.75 Å². The Hall–Kier alpha value is -2.27. The fourth-order valence-electron chi connectivity index (χ4n) is 2.51. The molecule has 2 aromatic heterocycles. The van der Waals surface area contributed by atoms with E-state index >= 15 is 0 Å². The lowest BCUT2D eigenvalue weighted by molar-refractivity contribution is 0.0716. The van der Waals surface area contributed by atoms with Crippen molar-refractivity contribution in [1.29, 1.82) is 0 Å². The molecule has 2 heterocycles. The summed E-state index contributed by atoms with van der Waals surface area (Å²) in [4.78, 5) is 11.4. The SMILES string of the molecule is CC(C)(O)CCc1c2ccoc2c(O)c2oc(=O)ccc12. The van der Waals surface area contributed by atoms with E-state index in [9.17, 15) is 15.0 Å². The maximum absolute atomic E-state index is 11.4. The van der Waals surface area contributed by atoms with Gasteiger partial charge in [0.05, 0.1) is 11.9 Å². The van der Waals surface area contributed by atoms with E-state index in [0.717, 1.165) is 10.9 Å². The van der Waals surface area contributed by atoms with Crippen molar-refractivity contribution in [2.75, 3.05) is 0 Å². The number of aromatic hydroxyl groups is 1. The number of benzene rings is 1. The molecule has 3 rings (SSSR count). The largest absolute Gasteiger partial charge is 0.502 e. The van der Waals surface area contributed by atoms with E-state index in [1.807, 2.05) is 0 Å². The molecule has 5 nitrogen and oxygen atoms in total. The highest BCUT2D eigenvalue weighted by atomic mass is 16.4. The third-order valence-corrected chi connectivity index (χ3v) is 3.57. The molecule has 0 unspecified atom stereocenters. The van der Waals surface area contributed by atoms with Crippen molar-refractivity contribution in [2.45, 2.75) is 32.3 Å². The lowest BCUT2D eigenvalue weighted by Crippen LogP contribution is -2.19. The van der Waals surface area contributed by atoms with Crippen LogP contribution in [0.4, 0.5) is 0 Å². The van der Waals surface area contributed by atoms with Crippen LogP contribution < -0.4 is 5.63 Å². The monoisotopic (exact) mass is 288 g/mol. The average molecular weight is 288 g/mol. The molecule has 1 aromatic carbocycles. The van der Waals surface area contributed by atoms with Crippen molar-refractivity contribution in [3.8, 4) is 5.75 Å². The number of aliphatic hydroxyl groups is 1. The number of hydrogen-bond donors (Lipinski definition) is 2. The summed E-state index contributed by atoms with van der Waals surface area (Å²) in [5, 5.41) is 21.5. The maximum atomic E-state index is 11.4. The van der Waals surface area contributed by atoms with Gasteiger partial charge >= 0.3 is 5.63 Å². The van der Waals surface area contributed by atoms with E-state index in [2.05, 4.69) is 0 Å². The number of aryl methyl sites for hydroxylation is 1. The molecular formula is C16H16O5. The number of rotatable bonds is 3. The van der Waals surface area contributed by atoms with Crippen LogP contribution in [0, 0.1) is 0 Å². The Morgan fingerprint density at radius 1 is 1.14 bits per heavy atom. The molecule has 0 spiro atoms. The summed E-state index contributed by atoms with van der Waals surface area (Å²) in [6.45, 7) is 3.48. The summed E-state index contributed by atoms with van der Waals surface area (Å²) in [7, 11) is 0. The van der Waals surface area contributed by atoms with Gasteiger partial charge in [0.2, 0.25) is 5.75 Å². The molecule has 0 aliphatic carbocycles. The van der Waals surface area contributed by atoms with Crippen molar-refractivity contribution >= 4 is 21.9 Å². The Bertz CT molecular complexity index is 864. The lowest BCUT2D eigenvalue weighted by atomic mass is 9.94. The van der Waals surface area contributed by atoms with E-state index in [0.29, 0.717) is 23.8 Å². The molecule has 0 aliphatic heterocycles. The van der Waals surface area contributed by atoms with Crippen LogP contribution in [-0.4, -0.2) is 15.8 Å². The number of hydrogen-bond acceptors (Lipinski definition) is 5. The predicted octanol–water partition coefficient (Wildman–Crippen LogP) is 2.95. The molecule has 0 aliphatic rings. The molecule has 0 amide bonds. The summed E-state index contributed by atoms with van der Waals surface area (Å²) in [6.07, 6.45) is 2.59. The molecule has 0 bridgehead atoms. The van der Waals surface area contributed by atoms with Gasteiger partial charge in [-0.15, -0.1) is 0 Å². The van der Waals surface area contributed by atoms with Crippen molar-refractivity contribution in [3.63, 3.8) is 0 Å². The minimum absolute atomic E-state index is 0.121. The third-order valence-electron chi connectivity index (χ3n) is 3.57. The average Bonchev–Trinajstić information content (AvgIpc) is 2.87. The predicted molar refractivity (Wildman–Crippen MR) is 78.5 cm³/mol. The van der Waals surface area contributed by atoms with Gasteiger partial charge in [0.1, 0.15) is 0 Å². The van der Waals surface area contributed by atoms with Crippen LogP contribution in [0.1, 0.15) is 25.8 Å².